The Balaban J connectivity index is 1.39. The van der Waals surface area contributed by atoms with Gasteiger partial charge in [0, 0.05) is 23.6 Å². The molecule has 3 aromatic rings. The van der Waals surface area contributed by atoms with Crippen LogP contribution in [-0.2, 0) is 6.54 Å². The highest BCUT2D eigenvalue weighted by Crippen LogP contribution is 2.46. The SMILES string of the molecule is CCN1C(=CC=C2CCC(C=Cc3sc4cc(C)ccc4[n+]3CC)=C2O)Sc2cc(C)ccc21. The van der Waals surface area contributed by atoms with Crippen LogP contribution < -0.4 is 9.47 Å². The molecule has 2 heterocycles. The third-order valence-electron chi connectivity index (χ3n) is 6.53. The van der Waals surface area contributed by atoms with Crippen molar-refractivity contribution in [3.63, 3.8) is 0 Å². The summed E-state index contributed by atoms with van der Waals surface area (Å²) < 4.78 is 3.66. The normalized spacial score (nSPS) is 18.4. The number of thiazole rings is 1. The van der Waals surface area contributed by atoms with E-state index in [0.717, 1.165) is 37.1 Å². The third-order valence-corrected chi connectivity index (χ3v) is 8.76. The Hall–Kier alpha value is -2.76. The molecule has 5 rings (SSSR count). The first kappa shape index (κ1) is 23.0. The van der Waals surface area contributed by atoms with E-state index >= 15 is 0 Å². The zero-order valence-corrected chi connectivity index (χ0v) is 21.9. The number of anilines is 1. The lowest BCUT2D eigenvalue weighted by atomic mass is 10.2. The van der Waals surface area contributed by atoms with Crippen LogP contribution in [0.1, 0.15) is 42.8 Å². The summed E-state index contributed by atoms with van der Waals surface area (Å²) in [6, 6.07) is 13.3. The van der Waals surface area contributed by atoms with Crippen molar-refractivity contribution in [1.29, 1.82) is 0 Å². The van der Waals surface area contributed by atoms with Gasteiger partial charge in [-0.05, 0) is 93.2 Å². The van der Waals surface area contributed by atoms with Gasteiger partial charge in [0.15, 0.2) is 0 Å². The summed E-state index contributed by atoms with van der Waals surface area (Å²) >= 11 is 3.62. The number of nitrogens with zero attached hydrogens (tertiary/aromatic N) is 2. The second kappa shape index (κ2) is 9.47. The van der Waals surface area contributed by atoms with Gasteiger partial charge in [0.2, 0.25) is 5.52 Å². The maximum absolute atomic E-state index is 10.9. The molecule has 0 unspecified atom stereocenters. The molecule has 0 spiro atoms. The van der Waals surface area contributed by atoms with Gasteiger partial charge in [0.25, 0.3) is 5.01 Å². The molecule has 1 N–H and O–H groups in total. The predicted octanol–water partition coefficient (Wildman–Crippen LogP) is 7.84. The van der Waals surface area contributed by atoms with E-state index in [-0.39, 0.29) is 0 Å². The zero-order valence-electron chi connectivity index (χ0n) is 20.3. The fourth-order valence-corrected chi connectivity index (χ4v) is 7.16. The Labute approximate surface area is 210 Å². The highest BCUT2D eigenvalue weighted by atomic mass is 32.2. The summed E-state index contributed by atoms with van der Waals surface area (Å²) in [4.78, 5) is 3.66. The molecular weight excluding hydrogens is 456 g/mol. The van der Waals surface area contributed by atoms with Crippen LogP contribution in [0.5, 0.6) is 0 Å². The molecule has 1 aliphatic carbocycles. The quantitative estimate of drug-likeness (QED) is 0.371. The van der Waals surface area contributed by atoms with Gasteiger partial charge in [-0.3, -0.25) is 0 Å². The summed E-state index contributed by atoms with van der Waals surface area (Å²) in [5.41, 5.74) is 7.17. The molecule has 0 saturated heterocycles. The number of rotatable bonds is 5. The van der Waals surface area contributed by atoms with E-state index in [0.29, 0.717) is 5.76 Å². The Kier molecular flexibility index (Phi) is 6.41. The first-order chi connectivity index (χ1) is 16.5. The summed E-state index contributed by atoms with van der Waals surface area (Å²) in [6.45, 7) is 10.5. The summed E-state index contributed by atoms with van der Waals surface area (Å²) in [5.74, 6) is 0.438. The van der Waals surface area contributed by atoms with Crippen LogP contribution >= 0.6 is 23.1 Å². The maximum atomic E-state index is 10.9. The molecule has 0 radical (unpaired) electrons. The molecule has 2 aliphatic rings. The Bertz CT molecular complexity index is 1390. The number of hydrogen-bond acceptors (Lipinski definition) is 4. The molecular formula is C29H31N2OS2+. The molecule has 3 nitrogen and oxygen atoms in total. The highest BCUT2D eigenvalue weighted by molar-refractivity contribution is 8.03. The number of aromatic nitrogens is 1. The standard InChI is InChI=1S/C29H30N2OS2/c1-5-30-23-13-7-19(3)17-25(23)33-27(30)15-11-21-9-10-22(29(21)32)12-16-28-31(6-2)24-14-8-20(4)18-26(24)34-28/h7-8,11-18H,5-6,9-10H2,1-4H3/p+1. The van der Waals surface area contributed by atoms with E-state index in [4.69, 9.17) is 0 Å². The number of benzene rings is 2. The summed E-state index contributed by atoms with van der Waals surface area (Å²) in [7, 11) is 0. The number of hydrogen-bond donors (Lipinski definition) is 1. The highest BCUT2D eigenvalue weighted by Gasteiger charge is 2.24. The van der Waals surface area contributed by atoms with Crippen molar-refractivity contribution in [3.05, 3.63) is 92.7 Å². The summed E-state index contributed by atoms with van der Waals surface area (Å²) in [6.07, 6.45) is 10.3. The Morgan fingerprint density at radius 3 is 2.59 bits per heavy atom. The molecule has 0 fully saturated rings. The largest absolute Gasteiger partial charge is 0.507 e. The van der Waals surface area contributed by atoms with Gasteiger partial charge in [-0.1, -0.05) is 41.3 Å². The van der Waals surface area contributed by atoms with Crippen molar-refractivity contribution in [2.45, 2.75) is 52.0 Å². The van der Waals surface area contributed by atoms with Crippen molar-refractivity contribution < 1.29 is 9.67 Å². The van der Waals surface area contributed by atoms with Crippen molar-refractivity contribution in [2.75, 3.05) is 11.4 Å². The zero-order chi connectivity index (χ0) is 23.8. The van der Waals surface area contributed by atoms with Crippen molar-refractivity contribution in [3.8, 4) is 0 Å². The van der Waals surface area contributed by atoms with E-state index in [1.165, 1.54) is 42.0 Å². The fraction of sp³-hybridized carbons (Fsp3) is 0.276. The fourth-order valence-electron chi connectivity index (χ4n) is 4.71. The van der Waals surface area contributed by atoms with E-state index in [1.807, 2.05) is 23.1 Å². The average Bonchev–Trinajstić information content (AvgIpc) is 3.47. The number of fused-ring (bicyclic) bond motifs is 2. The first-order valence-corrected chi connectivity index (χ1v) is 13.6. The van der Waals surface area contributed by atoms with Gasteiger partial charge in [0.1, 0.15) is 17.0 Å². The topological polar surface area (TPSA) is 27.4 Å². The lowest BCUT2D eigenvalue weighted by Crippen LogP contribution is -2.33. The van der Waals surface area contributed by atoms with Crippen molar-refractivity contribution in [2.24, 2.45) is 0 Å². The van der Waals surface area contributed by atoms with E-state index in [1.54, 1.807) is 0 Å². The Morgan fingerprint density at radius 2 is 1.79 bits per heavy atom. The van der Waals surface area contributed by atoms with Crippen molar-refractivity contribution in [1.82, 2.24) is 0 Å². The first-order valence-electron chi connectivity index (χ1n) is 12.0. The lowest BCUT2D eigenvalue weighted by molar-refractivity contribution is -0.665. The predicted molar refractivity (Wildman–Crippen MR) is 147 cm³/mol. The minimum atomic E-state index is 0.438. The van der Waals surface area contributed by atoms with Gasteiger partial charge in [-0.2, -0.15) is 4.57 Å². The minimum Gasteiger partial charge on any atom is -0.507 e. The average molecular weight is 488 g/mol. The number of aliphatic hydroxyl groups is 1. The molecule has 5 heteroatoms. The lowest BCUT2D eigenvalue weighted by Gasteiger charge is -2.17. The Morgan fingerprint density at radius 1 is 1.00 bits per heavy atom. The van der Waals surface area contributed by atoms with Gasteiger partial charge in [-0.25, -0.2) is 0 Å². The molecule has 174 valence electrons. The van der Waals surface area contributed by atoms with E-state index < -0.39 is 0 Å². The summed E-state index contributed by atoms with van der Waals surface area (Å²) in [5, 5.41) is 13.4. The van der Waals surface area contributed by atoms with Gasteiger partial charge in [0.05, 0.1) is 10.7 Å². The second-order valence-corrected chi connectivity index (χ2v) is 11.0. The third kappa shape index (κ3) is 4.23. The number of aliphatic hydroxyl groups excluding tert-OH is 1. The number of aryl methyl sites for hydroxylation is 3. The number of allylic oxidation sites excluding steroid dienone is 5. The molecule has 1 aromatic heterocycles. The van der Waals surface area contributed by atoms with Crippen LogP contribution in [0, 0.1) is 13.8 Å². The van der Waals surface area contributed by atoms with Gasteiger partial charge < -0.3 is 10.0 Å². The monoisotopic (exact) mass is 487 g/mol. The molecule has 0 bridgehead atoms. The molecule has 1 aliphatic heterocycles. The van der Waals surface area contributed by atoms with E-state index in [9.17, 15) is 5.11 Å². The maximum Gasteiger partial charge on any atom is 0.262 e. The van der Waals surface area contributed by atoms with Crippen molar-refractivity contribution >= 4 is 45.1 Å². The molecule has 34 heavy (non-hydrogen) atoms. The van der Waals surface area contributed by atoms with Crippen LogP contribution in [0.4, 0.5) is 5.69 Å². The molecule has 2 aromatic carbocycles. The van der Waals surface area contributed by atoms with Gasteiger partial charge >= 0.3 is 0 Å². The van der Waals surface area contributed by atoms with E-state index in [2.05, 4.69) is 97.9 Å². The smallest absolute Gasteiger partial charge is 0.262 e. The van der Waals surface area contributed by atoms with Crippen LogP contribution in [0.15, 0.2) is 81.5 Å². The number of thioether (sulfide) groups is 1. The van der Waals surface area contributed by atoms with Crippen LogP contribution in [-0.4, -0.2) is 11.7 Å². The molecule has 0 atom stereocenters. The van der Waals surface area contributed by atoms with Crippen LogP contribution in [0.3, 0.4) is 0 Å². The minimum absolute atomic E-state index is 0.438. The molecule has 0 saturated carbocycles. The van der Waals surface area contributed by atoms with Crippen LogP contribution in [0.2, 0.25) is 0 Å². The van der Waals surface area contributed by atoms with Gasteiger partial charge in [-0.15, -0.1) is 0 Å². The van der Waals surface area contributed by atoms with Crippen LogP contribution in [0.25, 0.3) is 16.3 Å². The second-order valence-electron chi connectivity index (χ2n) is 8.88. The molecule has 0 amide bonds.